The zero-order chi connectivity index (χ0) is 21.2. The highest BCUT2D eigenvalue weighted by Crippen LogP contribution is 2.59. The number of pyridine rings is 2. The molecule has 0 atom stereocenters. The molecule has 2 aromatic heterocycles. The molecular weight excluding hydrogens is 408 g/mol. The van der Waals surface area contributed by atoms with E-state index in [2.05, 4.69) is 9.13 Å². The number of aromatic nitrogens is 2. The van der Waals surface area contributed by atoms with E-state index in [0.29, 0.717) is 23.3 Å². The third kappa shape index (κ3) is 1.58. The van der Waals surface area contributed by atoms with Crippen molar-refractivity contribution in [3.05, 3.63) is 71.8 Å². The largest absolute Gasteiger partial charge is 0.496 e. The van der Waals surface area contributed by atoms with Crippen LogP contribution < -0.4 is 32.8 Å². The van der Waals surface area contributed by atoms with Crippen molar-refractivity contribution in [2.75, 3.05) is 14.2 Å². The smallest absolute Gasteiger partial charge is 0.437 e. The van der Waals surface area contributed by atoms with Crippen LogP contribution in [0.15, 0.2) is 60.7 Å². The molecule has 0 saturated heterocycles. The molecule has 32 heavy (non-hydrogen) atoms. The number of nitrogens with zero attached hydrogens (tertiary/aromatic N) is 2. The molecule has 0 bridgehead atoms. The van der Waals surface area contributed by atoms with Gasteiger partial charge in [0.15, 0.2) is 22.6 Å². The summed E-state index contributed by atoms with van der Waals surface area (Å²) in [4.78, 5) is 0. The molecular formula is C25H16N2O5+2. The van der Waals surface area contributed by atoms with Crippen molar-refractivity contribution in [2.24, 2.45) is 0 Å². The highest BCUT2D eigenvalue weighted by Gasteiger charge is 2.75. The van der Waals surface area contributed by atoms with Crippen molar-refractivity contribution < 1.29 is 32.8 Å². The third-order valence-electron chi connectivity index (χ3n) is 6.72. The summed E-state index contributed by atoms with van der Waals surface area (Å²) >= 11 is 0. The molecule has 0 N–H and O–H groups in total. The summed E-state index contributed by atoms with van der Waals surface area (Å²) in [7, 11) is 3.32. The molecule has 7 nitrogen and oxygen atoms in total. The fourth-order valence-corrected chi connectivity index (χ4v) is 5.59. The average Bonchev–Trinajstić information content (AvgIpc) is 3.11. The van der Waals surface area contributed by atoms with Gasteiger partial charge in [-0.1, -0.05) is 21.3 Å². The van der Waals surface area contributed by atoms with Gasteiger partial charge >= 0.3 is 17.4 Å². The maximum Gasteiger partial charge on any atom is 0.437 e. The Bertz CT molecular complexity index is 1430. The van der Waals surface area contributed by atoms with Gasteiger partial charge in [0, 0.05) is 0 Å². The maximum atomic E-state index is 6.43. The third-order valence-corrected chi connectivity index (χ3v) is 6.72. The van der Waals surface area contributed by atoms with Gasteiger partial charge < -0.3 is 23.7 Å². The van der Waals surface area contributed by atoms with Crippen LogP contribution in [0.4, 0.5) is 0 Å². The molecule has 4 aliphatic rings. The van der Waals surface area contributed by atoms with Crippen molar-refractivity contribution >= 4 is 0 Å². The van der Waals surface area contributed by atoms with Gasteiger partial charge in [-0.05, 0) is 24.3 Å². The number of rotatable bonds is 2. The number of hydrogen-bond donors (Lipinski definition) is 0. The first-order valence-corrected chi connectivity index (χ1v) is 10.3. The summed E-state index contributed by atoms with van der Waals surface area (Å²) in [5.74, 6) is 5.79. The predicted molar refractivity (Wildman–Crippen MR) is 110 cm³/mol. The van der Waals surface area contributed by atoms with E-state index in [1.807, 2.05) is 60.7 Å². The molecule has 0 fully saturated rings. The zero-order valence-corrected chi connectivity index (χ0v) is 17.2. The Balaban J connectivity index is 1.67. The van der Waals surface area contributed by atoms with Crippen LogP contribution >= 0.6 is 0 Å². The molecule has 0 unspecified atom stereocenters. The molecule has 2 aromatic carbocycles. The summed E-state index contributed by atoms with van der Waals surface area (Å²) in [6, 6.07) is 19.7. The van der Waals surface area contributed by atoms with Gasteiger partial charge in [0.05, 0.1) is 38.5 Å². The second kappa shape index (κ2) is 5.13. The van der Waals surface area contributed by atoms with Gasteiger partial charge in [-0.3, -0.25) is 0 Å². The SMILES string of the molecule is COc1cc2[n+]3c(c1)-c1cc(OC)cc4[n+]1C31c3c(cccc3O2)Oc2cccc(c21)O4. The number of fused-ring (bicyclic) bond motifs is 1. The van der Waals surface area contributed by atoms with Crippen LogP contribution in [0.3, 0.4) is 0 Å². The lowest BCUT2D eigenvalue weighted by Crippen LogP contribution is -2.74. The molecule has 0 saturated carbocycles. The molecule has 154 valence electrons. The van der Waals surface area contributed by atoms with Gasteiger partial charge in [-0.25, -0.2) is 0 Å². The summed E-state index contributed by atoms with van der Waals surface area (Å²) in [6.07, 6.45) is 0. The minimum atomic E-state index is -0.750. The van der Waals surface area contributed by atoms with Crippen LogP contribution in [0.1, 0.15) is 11.1 Å². The van der Waals surface area contributed by atoms with Crippen LogP contribution in [-0.4, -0.2) is 14.2 Å². The number of hydrogen-bond acceptors (Lipinski definition) is 5. The zero-order valence-electron chi connectivity index (χ0n) is 17.2. The normalized spacial score (nSPS) is 15.6. The molecule has 4 aromatic rings. The van der Waals surface area contributed by atoms with Crippen LogP contribution in [0.2, 0.25) is 0 Å². The van der Waals surface area contributed by atoms with E-state index in [-0.39, 0.29) is 0 Å². The Morgan fingerprint density at radius 1 is 0.625 bits per heavy atom. The van der Waals surface area contributed by atoms with E-state index in [1.54, 1.807) is 14.2 Å². The topological polar surface area (TPSA) is 53.9 Å². The monoisotopic (exact) mass is 424 g/mol. The van der Waals surface area contributed by atoms with Crippen molar-refractivity contribution in [2.45, 2.75) is 5.66 Å². The first-order valence-electron chi connectivity index (χ1n) is 10.3. The first-order chi connectivity index (χ1) is 15.7. The second-order valence-electron chi connectivity index (χ2n) is 8.15. The molecule has 6 heterocycles. The molecule has 4 aliphatic heterocycles. The Kier molecular flexibility index (Phi) is 2.64. The lowest BCUT2D eigenvalue weighted by molar-refractivity contribution is -0.943. The van der Waals surface area contributed by atoms with E-state index < -0.39 is 5.66 Å². The second-order valence-corrected chi connectivity index (χ2v) is 8.15. The number of benzene rings is 2. The minimum Gasteiger partial charge on any atom is -0.496 e. The Morgan fingerprint density at radius 3 is 1.50 bits per heavy atom. The minimum absolute atomic E-state index is 0.683. The Hall–Kier alpha value is -4.26. The average molecular weight is 424 g/mol. The van der Waals surface area contributed by atoms with Crippen molar-refractivity contribution in [3.63, 3.8) is 0 Å². The van der Waals surface area contributed by atoms with E-state index in [9.17, 15) is 0 Å². The van der Waals surface area contributed by atoms with Crippen LogP contribution in [0.5, 0.6) is 46.3 Å². The van der Waals surface area contributed by atoms with Crippen LogP contribution in [0.25, 0.3) is 11.4 Å². The van der Waals surface area contributed by atoms with Gasteiger partial charge in [0.25, 0.3) is 11.4 Å². The van der Waals surface area contributed by atoms with Crippen LogP contribution in [0, 0.1) is 0 Å². The number of ether oxygens (including phenoxy) is 5. The highest BCUT2D eigenvalue weighted by atomic mass is 16.5. The van der Waals surface area contributed by atoms with Crippen LogP contribution in [-0.2, 0) is 5.66 Å². The Labute approximate surface area is 182 Å². The van der Waals surface area contributed by atoms with E-state index in [1.165, 1.54) is 0 Å². The standard InChI is InChI=1S/C25H16N2O5/c1-28-13-9-15-16-10-14(29-2)12-22-27(16)25-23-17(30-18-6-4-8-20(32-22)24(18)25)5-3-7-19(23)31-21(11-13)26(15)25/h3-12H,1-2H3/q+2. The van der Waals surface area contributed by atoms with Gasteiger partial charge in [0.1, 0.15) is 23.0 Å². The van der Waals surface area contributed by atoms with Gasteiger partial charge in [-0.15, -0.1) is 0 Å². The lowest BCUT2D eigenvalue weighted by Gasteiger charge is -2.35. The quantitative estimate of drug-likeness (QED) is 0.395. The van der Waals surface area contributed by atoms with Gasteiger partial charge in [0.2, 0.25) is 0 Å². The highest BCUT2D eigenvalue weighted by molar-refractivity contribution is 5.68. The molecule has 1 spiro atoms. The first kappa shape index (κ1) is 16.4. The fraction of sp³-hybridized carbons (Fsp3) is 0.120. The number of methoxy groups -OCH3 is 2. The molecule has 0 amide bonds. The van der Waals surface area contributed by atoms with Crippen molar-refractivity contribution in [3.8, 4) is 57.6 Å². The van der Waals surface area contributed by atoms with Crippen molar-refractivity contribution in [1.29, 1.82) is 0 Å². The lowest BCUT2D eigenvalue weighted by atomic mass is 9.84. The summed E-state index contributed by atoms with van der Waals surface area (Å²) in [5.41, 5.74) is 3.02. The molecule has 0 radical (unpaired) electrons. The fourth-order valence-electron chi connectivity index (χ4n) is 5.59. The van der Waals surface area contributed by atoms with Gasteiger partial charge in [-0.2, -0.15) is 0 Å². The van der Waals surface area contributed by atoms with E-state index >= 15 is 0 Å². The van der Waals surface area contributed by atoms with E-state index in [0.717, 1.165) is 45.5 Å². The Morgan fingerprint density at radius 2 is 1.06 bits per heavy atom. The molecule has 0 aliphatic carbocycles. The maximum absolute atomic E-state index is 6.43. The molecule has 8 rings (SSSR count). The summed E-state index contributed by atoms with van der Waals surface area (Å²) in [5, 5.41) is 0. The summed E-state index contributed by atoms with van der Waals surface area (Å²) < 4.78 is 34.9. The van der Waals surface area contributed by atoms with Crippen molar-refractivity contribution in [1.82, 2.24) is 0 Å². The van der Waals surface area contributed by atoms with E-state index in [4.69, 9.17) is 23.7 Å². The predicted octanol–water partition coefficient (Wildman–Crippen LogP) is 3.87. The molecule has 7 heteroatoms. The summed E-state index contributed by atoms with van der Waals surface area (Å²) in [6.45, 7) is 0.